The van der Waals surface area contributed by atoms with Crippen LogP contribution in [-0.2, 0) is 14.8 Å². The fraction of sp³-hybridized carbons (Fsp3) is 0.588. The van der Waals surface area contributed by atoms with E-state index >= 15 is 0 Å². The summed E-state index contributed by atoms with van der Waals surface area (Å²) in [5.41, 5.74) is 1.23. The molecule has 126 valence electrons. The molecule has 5 nitrogen and oxygen atoms in total. The summed E-state index contributed by atoms with van der Waals surface area (Å²) in [5, 5.41) is 0. The standard InChI is InChI=1S/C17H24N2O3S/c1-2-23(21,22)19-10-6-9-18(11-12-19)17(20)16-13-15(16)14-7-4-3-5-8-14/h3-5,7-8,15-16H,2,6,9-13H2,1H3/t15-,16+/m0/s1. The van der Waals surface area contributed by atoms with Crippen molar-refractivity contribution in [3.05, 3.63) is 35.9 Å². The Labute approximate surface area is 138 Å². The first-order valence-electron chi connectivity index (χ1n) is 8.34. The van der Waals surface area contributed by atoms with Crippen LogP contribution >= 0.6 is 0 Å². The second-order valence-corrected chi connectivity index (χ2v) is 8.60. The zero-order chi connectivity index (χ0) is 16.4. The molecule has 1 heterocycles. The molecule has 23 heavy (non-hydrogen) atoms. The van der Waals surface area contributed by atoms with Crippen molar-refractivity contribution in [1.29, 1.82) is 0 Å². The van der Waals surface area contributed by atoms with Gasteiger partial charge in [0.05, 0.1) is 5.75 Å². The maximum atomic E-state index is 12.7. The molecule has 0 unspecified atom stereocenters. The Bertz CT molecular complexity index is 660. The summed E-state index contributed by atoms with van der Waals surface area (Å²) in [4.78, 5) is 14.5. The number of nitrogens with zero attached hydrogens (tertiary/aromatic N) is 2. The molecular weight excluding hydrogens is 312 g/mol. The monoisotopic (exact) mass is 336 g/mol. The van der Waals surface area contributed by atoms with Crippen molar-refractivity contribution in [1.82, 2.24) is 9.21 Å². The minimum atomic E-state index is -3.16. The number of hydrogen-bond donors (Lipinski definition) is 0. The zero-order valence-electron chi connectivity index (χ0n) is 13.5. The third kappa shape index (κ3) is 3.58. The predicted molar refractivity (Wildman–Crippen MR) is 89.5 cm³/mol. The molecule has 6 heteroatoms. The van der Waals surface area contributed by atoms with Crippen molar-refractivity contribution in [3.8, 4) is 0 Å². The fourth-order valence-electron chi connectivity index (χ4n) is 3.35. The molecule has 1 saturated heterocycles. The Balaban J connectivity index is 1.60. The third-order valence-electron chi connectivity index (χ3n) is 4.86. The van der Waals surface area contributed by atoms with Crippen LogP contribution in [0, 0.1) is 5.92 Å². The van der Waals surface area contributed by atoms with Gasteiger partial charge >= 0.3 is 0 Å². The van der Waals surface area contributed by atoms with Gasteiger partial charge < -0.3 is 4.90 Å². The highest BCUT2D eigenvalue weighted by Crippen LogP contribution is 2.48. The summed E-state index contributed by atoms with van der Waals surface area (Å²) >= 11 is 0. The first-order chi connectivity index (χ1) is 11.0. The third-order valence-corrected chi connectivity index (χ3v) is 6.74. The van der Waals surface area contributed by atoms with E-state index in [0.717, 1.165) is 6.42 Å². The first kappa shape index (κ1) is 16.5. The number of sulfonamides is 1. The van der Waals surface area contributed by atoms with Crippen LogP contribution in [0.3, 0.4) is 0 Å². The molecule has 0 bridgehead atoms. The van der Waals surface area contributed by atoms with Crippen LogP contribution in [0.1, 0.15) is 31.2 Å². The molecule has 1 amide bonds. The molecule has 1 aliphatic carbocycles. The van der Waals surface area contributed by atoms with E-state index in [0.29, 0.717) is 38.5 Å². The lowest BCUT2D eigenvalue weighted by Crippen LogP contribution is -2.38. The van der Waals surface area contributed by atoms with E-state index in [4.69, 9.17) is 0 Å². The fourth-order valence-corrected chi connectivity index (χ4v) is 4.48. The minimum absolute atomic E-state index is 0.0757. The highest BCUT2D eigenvalue weighted by molar-refractivity contribution is 7.89. The molecule has 0 aromatic heterocycles. The molecule has 1 aromatic carbocycles. The van der Waals surface area contributed by atoms with Gasteiger partial charge in [0.2, 0.25) is 15.9 Å². The average molecular weight is 336 g/mol. The molecule has 0 spiro atoms. The summed E-state index contributed by atoms with van der Waals surface area (Å²) in [6.45, 7) is 3.78. The summed E-state index contributed by atoms with van der Waals surface area (Å²) < 4.78 is 25.5. The number of hydrogen-bond acceptors (Lipinski definition) is 3. The Kier molecular flexibility index (Phi) is 4.73. The van der Waals surface area contributed by atoms with Gasteiger partial charge in [-0.2, -0.15) is 0 Å². The summed E-state index contributed by atoms with van der Waals surface area (Å²) in [6, 6.07) is 10.2. The number of amides is 1. The van der Waals surface area contributed by atoms with Gasteiger partial charge in [-0.1, -0.05) is 30.3 Å². The molecule has 0 radical (unpaired) electrons. The van der Waals surface area contributed by atoms with E-state index in [-0.39, 0.29) is 17.6 Å². The molecule has 2 atom stereocenters. The number of rotatable bonds is 4. The van der Waals surface area contributed by atoms with Crippen molar-refractivity contribution in [2.45, 2.75) is 25.7 Å². The summed E-state index contributed by atoms with van der Waals surface area (Å²) in [5.74, 6) is 0.725. The summed E-state index contributed by atoms with van der Waals surface area (Å²) in [7, 11) is -3.16. The van der Waals surface area contributed by atoms with Gasteiger partial charge in [-0.25, -0.2) is 12.7 Å². The van der Waals surface area contributed by atoms with Crippen molar-refractivity contribution in [2.24, 2.45) is 5.92 Å². The minimum Gasteiger partial charge on any atom is -0.341 e. The van der Waals surface area contributed by atoms with Crippen LogP contribution < -0.4 is 0 Å². The molecule has 1 aliphatic heterocycles. The van der Waals surface area contributed by atoms with E-state index in [1.165, 1.54) is 9.87 Å². The number of benzene rings is 1. The largest absolute Gasteiger partial charge is 0.341 e. The second kappa shape index (κ2) is 6.61. The van der Waals surface area contributed by atoms with E-state index < -0.39 is 10.0 Å². The van der Waals surface area contributed by atoms with Crippen molar-refractivity contribution < 1.29 is 13.2 Å². The van der Waals surface area contributed by atoms with Crippen LogP contribution in [0.4, 0.5) is 0 Å². The maximum Gasteiger partial charge on any atom is 0.226 e. The Hall–Kier alpha value is -1.40. The molecule has 1 aromatic rings. The van der Waals surface area contributed by atoms with Gasteiger partial charge in [0.15, 0.2) is 0 Å². The van der Waals surface area contributed by atoms with Crippen molar-refractivity contribution in [2.75, 3.05) is 31.9 Å². The first-order valence-corrected chi connectivity index (χ1v) is 9.95. The Morgan fingerprint density at radius 2 is 1.87 bits per heavy atom. The maximum absolute atomic E-state index is 12.7. The molecule has 2 aliphatic rings. The van der Waals surface area contributed by atoms with Gasteiger partial charge in [-0.05, 0) is 31.2 Å². The second-order valence-electron chi connectivity index (χ2n) is 6.34. The molecular formula is C17H24N2O3S. The number of carbonyl (C=O) groups excluding carboxylic acids is 1. The van der Waals surface area contributed by atoms with E-state index in [9.17, 15) is 13.2 Å². The van der Waals surface area contributed by atoms with Gasteiger partial charge in [-0.3, -0.25) is 4.79 Å². The highest BCUT2D eigenvalue weighted by Gasteiger charge is 2.45. The van der Waals surface area contributed by atoms with Crippen LogP contribution in [0.15, 0.2) is 30.3 Å². The Morgan fingerprint density at radius 3 is 2.57 bits per heavy atom. The van der Waals surface area contributed by atoms with Crippen LogP contribution in [0.25, 0.3) is 0 Å². The quantitative estimate of drug-likeness (QED) is 0.840. The number of carbonyl (C=O) groups is 1. The SMILES string of the molecule is CCS(=O)(=O)N1CCCN(C(=O)[C@@H]2C[C@H]2c2ccccc2)CC1. The van der Waals surface area contributed by atoms with E-state index in [1.54, 1.807) is 6.92 Å². The van der Waals surface area contributed by atoms with Gasteiger partial charge in [0, 0.05) is 32.1 Å². The van der Waals surface area contributed by atoms with Gasteiger partial charge in [0.25, 0.3) is 0 Å². The lowest BCUT2D eigenvalue weighted by Gasteiger charge is -2.21. The lowest BCUT2D eigenvalue weighted by atomic mass is 10.1. The highest BCUT2D eigenvalue weighted by atomic mass is 32.2. The van der Waals surface area contributed by atoms with Gasteiger partial charge in [-0.15, -0.1) is 0 Å². The average Bonchev–Trinajstić information content (AvgIpc) is 3.38. The van der Waals surface area contributed by atoms with Crippen molar-refractivity contribution in [3.63, 3.8) is 0 Å². The molecule has 3 rings (SSSR count). The summed E-state index contributed by atoms with van der Waals surface area (Å²) in [6.07, 6.45) is 1.63. The predicted octanol–water partition coefficient (Wildman–Crippen LogP) is 1.67. The molecule has 1 saturated carbocycles. The van der Waals surface area contributed by atoms with Crippen LogP contribution in [0.2, 0.25) is 0 Å². The Morgan fingerprint density at radius 1 is 1.13 bits per heavy atom. The topological polar surface area (TPSA) is 57.7 Å². The lowest BCUT2D eigenvalue weighted by molar-refractivity contribution is -0.132. The smallest absolute Gasteiger partial charge is 0.226 e. The van der Waals surface area contributed by atoms with Crippen LogP contribution in [0.5, 0.6) is 0 Å². The molecule has 2 fully saturated rings. The van der Waals surface area contributed by atoms with E-state index in [1.807, 2.05) is 23.1 Å². The van der Waals surface area contributed by atoms with E-state index in [2.05, 4.69) is 12.1 Å². The molecule has 0 N–H and O–H groups in total. The zero-order valence-corrected chi connectivity index (χ0v) is 14.3. The normalized spacial score (nSPS) is 25.9. The van der Waals surface area contributed by atoms with Crippen LogP contribution in [-0.4, -0.2) is 55.5 Å². The van der Waals surface area contributed by atoms with Gasteiger partial charge in [0.1, 0.15) is 0 Å². The van der Waals surface area contributed by atoms with Crippen molar-refractivity contribution >= 4 is 15.9 Å².